The highest BCUT2D eigenvalue weighted by molar-refractivity contribution is 6.05. The molecule has 0 atom stereocenters. The van der Waals surface area contributed by atoms with Crippen LogP contribution >= 0.6 is 0 Å². The maximum Gasteiger partial charge on any atom is 0.339 e. The highest BCUT2D eigenvalue weighted by atomic mass is 16.5. The van der Waals surface area contributed by atoms with E-state index in [2.05, 4.69) is 16.9 Å². The van der Waals surface area contributed by atoms with E-state index in [9.17, 15) is 9.59 Å². The van der Waals surface area contributed by atoms with Crippen molar-refractivity contribution in [1.82, 2.24) is 10.3 Å². The molecule has 0 aliphatic carbocycles. The van der Waals surface area contributed by atoms with Crippen molar-refractivity contribution < 1.29 is 23.8 Å². The number of ether oxygens (including phenoxy) is 3. The minimum atomic E-state index is -0.607. The van der Waals surface area contributed by atoms with Gasteiger partial charge < -0.3 is 19.5 Å². The number of para-hydroxylation sites is 1. The number of hydrogen-bond acceptors (Lipinski definition) is 6. The Morgan fingerprint density at radius 3 is 2.57 bits per heavy atom. The topological polar surface area (TPSA) is 86.8 Å². The summed E-state index contributed by atoms with van der Waals surface area (Å²) >= 11 is 0. The van der Waals surface area contributed by atoms with E-state index < -0.39 is 11.9 Å². The molecule has 0 bridgehead atoms. The van der Waals surface area contributed by atoms with Crippen molar-refractivity contribution in [3.8, 4) is 22.8 Å². The first-order chi connectivity index (χ1) is 14.6. The van der Waals surface area contributed by atoms with E-state index in [0.717, 1.165) is 5.56 Å². The number of nitrogens with zero attached hydrogens (tertiary/aromatic N) is 1. The van der Waals surface area contributed by atoms with Crippen LogP contribution in [0, 0.1) is 0 Å². The molecule has 1 aromatic heterocycles. The molecule has 2 aromatic carbocycles. The molecule has 7 heteroatoms. The molecule has 1 heterocycles. The van der Waals surface area contributed by atoms with Crippen LogP contribution in [0.1, 0.15) is 10.4 Å². The zero-order chi connectivity index (χ0) is 21.5. The van der Waals surface area contributed by atoms with Crippen molar-refractivity contribution in [2.45, 2.75) is 0 Å². The Labute approximate surface area is 174 Å². The maximum atomic E-state index is 12.7. The number of esters is 1. The summed E-state index contributed by atoms with van der Waals surface area (Å²) in [5.74, 6) is 0.131. The number of nitrogens with one attached hydrogen (secondary N) is 1. The second-order valence-electron chi connectivity index (χ2n) is 6.31. The van der Waals surface area contributed by atoms with Crippen LogP contribution in [0.5, 0.6) is 11.5 Å². The number of carbonyl (C=O) groups is 2. The first kappa shape index (κ1) is 20.9. The Kier molecular flexibility index (Phi) is 6.64. The smallest absolute Gasteiger partial charge is 0.339 e. The molecular formula is C23H22N2O5. The van der Waals surface area contributed by atoms with E-state index in [1.165, 1.54) is 0 Å². The van der Waals surface area contributed by atoms with Gasteiger partial charge in [0.25, 0.3) is 5.91 Å². The number of methoxy groups -OCH3 is 2. The van der Waals surface area contributed by atoms with Crippen molar-refractivity contribution in [2.24, 2.45) is 0 Å². The Morgan fingerprint density at radius 1 is 1.07 bits per heavy atom. The van der Waals surface area contributed by atoms with E-state index in [1.54, 1.807) is 44.6 Å². The average Bonchev–Trinajstić information content (AvgIpc) is 2.79. The average molecular weight is 406 g/mol. The summed E-state index contributed by atoms with van der Waals surface area (Å²) in [6.07, 6.45) is 1.55. The van der Waals surface area contributed by atoms with Gasteiger partial charge in [0.2, 0.25) is 0 Å². The Bertz CT molecular complexity index is 1090. The molecule has 0 spiro atoms. The van der Waals surface area contributed by atoms with Gasteiger partial charge >= 0.3 is 5.97 Å². The molecule has 154 valence electrons. The molecule has 1 N–H and O–H groups in total. The standard InChI is InChI=1S/C23H22N2O5/c1-4-11-24-22(26)14-30-23(27)17-13-19(25-18-8-6-5-7-16(17)18)15-9-10-20(28-2)21(12-15)29-3/h4-10,12-13H,1,11,14H2,2-3H3,(H,24,26). The summed E-state index contributed by atoms with van der Waals surface area (Å²) in [6, 6.07) is 14.3. The van der Waals surface area contributed by atoms with E-state index in [1.807, 2.05) is 24.3 Å². The predicted octanol–water partition coefficient (Wildman–Crippen LogP) is 3.38. The number of fused-ring (bicyclic) bond motifs is 1. The summed E-state index contributed by atoms with van der Waals surface area (Å²) in [6.45, 7) is 3.45. The van der Waals surface area contributed by atoms with Crippen LogP contribution in [0.25, 0.3) is 22.2 Å². The molecule has 0 aliphatic heterocycles. The molecule has 30 heavy (non-hydrogen) atoms. The molecule has 0 saturated carbocycles. The molecule has 0 fully saturated rings. The minimum absolute atomic E-state index is 0.304. The van der Waals surface area contributed by atoms with Crippen LogP contribution in [-0.2, 0) is 9.53 Å². The lowest BCUT2D eigenvalue weighted by molar-refractivity contribution is -0.124. The monoisotopic (exact) mass is 406 g/mol. The van der Waals surface area contributed by atoms with Crippen molar-refractivity contribution in [1.29, 1.82) is 0 Å². The van der Waals surface area contributed by atoms with Crippen LogP contribution < -0.4 is 14.8 Å². The SMILES string of the molecule is C=CCNC(=O)COC(=O)c1cc(-c2ccc(OC)c(OC)c2)nc2ccccc12. The number of amides is 1. The number of pyridine rings is 1. The number of carbonyl (C=O) groups excluding carboxylic acids is 2. The summed E-state index contributed by atoms with van der Waals surface area (Å²) < 4.78 is 15.9. The Hall–Kier alpha value is -3.87. The number of aromatic nitrogens is 1. The third-order valence-corrected chi connectivity index (χ3v) is 4.39. The van der Waals surface area contributed by atoms with Crippen LogP contribution in [0.4, 0.5) is 0 Å². The fourth-order valence-corrected chi connectivity index (χ4v) is 2.93. The van der Waals surface area contributed by atoms with Crippen LogP contribution in [-0.4, -0.2) is 44.2 Å². The van der Waals surface area contributed by atoms with Crippen molar-refractivity contribution in [3.05, 3.63) is 66.7 Å². The van der Waals surface area contributed by atoms with E-state index in [0.29, 0.717) is 40.2 Å². The highest BCUT2D eigenvalue weighted by Gasteiger charge is 2.17. The van der Waals surface area contributed by atoms with E-state index >= 15 is 0 Å². The van der Waals surface area contributed by atoms with Crippen molar-refractivity contribution >= 4 is 22.8 Å². The second-order valence-corrected chi connectivity index (χ2v) is 6.31. The van der Waals surface area contributed by atoms with E-state index in [-0.39, 0.29) is 6.61 Å². The maximum absolute atomic E-state index is 12.7. The van der Waals surface area contributed by atoms with Crippen molar-refractivity contribution in [3.63, 3.8) is 0 Å². The summed E-state index contributed by atoms with van der Waals surface area (Å²) in [4.78, 5) is 29.2. The Morgan fingerprint density at radius 2 is 1.83 bits per heavy atom. The van der Waals surface area contributed by atoms with E-state index in [4.69, 9.17) is 14.2 Å². The largest absolute Gasteiger partial charge is 0.493 e. The van der Waals surface area contributed by atoms with Gasteiger partial charge in [0.05, 0.1) is 31.0 Å². The number of hydrogen-bond donors (Lipinski definition) is 1. The lowest BCUT2D eigenvalue weighted by atomic mass is 10.0. The third-order valence-electron chi connectivity index (χ3n) is 4.39. The minimum Gasteiger partial charge on any atom is -0.493 e. The first-order valence-corrected chi connectivity index (χ1v) is 9.24. The molecule has 0 saturated heterocycles. The predicted molar refractivity (Wildman–Crippen MR) is 114 cm³/mol. The molecular weight excluding hydrogens is 384 g/mol. The summed E-state index contributed by atoms with van der Waals surface area (Å²) in [5, 5.41) is 3.20. The van der Waals surface area contributed by atoms with Gasteiger partial charge in [-0.25, -0.2) is 9.78 Å². The fraction of sp³-hybridized carbons (Fsp3) is 0.174. The zero-order valence-corrected chi connectivity index (χ0v) is 16.8. The zero-order valence-electron chi connectivity index (χ0n) is 16.8. The summed E-state index contributed by atoms with van der Waals surface area (Å²) in [7, 11) is 3.11. The van der Waals surface area contributed by atoms with Crippen LogP contribution in [0.3, 0.4) is 0 Å². The van der Waals surface area contributed by atoms with Gasteiger partial charge in [-0.1, -0.05) is 24.3 Å². The van der Waals surface area contributed by atoms with Gasteiger partial charge in [-0.05, 0) is 30.3 Å². The molecule has 3 rings (SSSR count). The molecule has 3 aromatic rings. The molecule has 0 aliphatic rings. The number of rotatable bonds is 8. The highest BCUT2D eigenvalue weighted by Crippen LogP contribution is 2.33. The fourth-order valence-electron chi connectivity index (χ4n) is 2.93. The first-order valence-electron chi connectivity index (χ1n) is 9.24. The molecule has 1 amide bonds. The second kappa shape index (κ2) is 9.56. The van der Waals surface area contributed by atoms with Gasteiger partial charge in [0.1, 0.15) is 0 Å². The molecule has 0 unspecified atom stereocenters. The van der Waals surface area contributed by atoms with Gasteiger partial charge in [-0.15, -0.1) is 6.58 Å². The lowest BCUT2D eigenvalue weighted by Gasteiger charge is -2.12. The van der Waals surface area contributed by atoms with Gasteiger partial charge in [-0.2, -0.15) is 0 Å². The molecule has 7 nitrogen and oxygen atoms in total. The normalized spacial score (nSPS) is 10.3. The van der Waals surface area contributed by atoms with Gasteiger partial charge in [0.15, 0.2) is 18.1 Å². The lowest BCUT2D eigenvalue weighted by Crippen LogP contribution is -2.28. The third kappa shape index (κ3) is 4.57. The van der Waals surface area contributed by atoms with Crippen LogP contribution in [0.15, 0.2) is 61.2 Å². The Balaban J connectivity index is 1.98. The number of benzene rings is 2. The van der Waals surface area contributed by atoms with Gasteiger partial charge in [-0.3, -0.25) is 4.79 Å². The molecule has 0 radical (unpaired) electrons. The van der Waals surface area contributed by atoms with Gasteiger partial charge in [0, 0.05) is 17.5 Å². The quantitative estimate of drug-likeness (QED) is 0.456. The summed E-state index contributed by atoms with van der Waals surface area (Å²) in [5.41, 5.74) is 2.27. The van der Waals surface area contributed by atoms with Crippen LogP contribution in [0.2, 0.25) is 0 Å². The van der Waals surface area contributed by atoms with Crippen molar-refractivity contribution in [2.75, 3.05) is 27.4 Å².